The fourth-order valence-corrected chi connectivity index (χ4v) is 1.88. The van der Waals surface area contributed by atoms with Crippen LogP contribution in [0, 0.1) is 0 Å². The smallest absolute Gasteiger partial charge is 0.339 e. The molecule has 100 valence electrons. The zero-order valence-corrected chi connectivity index (χ0v) is 11.0. The number of hydrogen-bond donors (Lipinski definition) is 1. The molecule has 0 radical (unpaired) electrons. The minimum absolute atomic E-state index is 0.221. The molecule has 1 aromatic heterocycles. The third kappa shape index (κ3) is 2.76. The summed E-state index contributed by atoms with van der Waals surface area (Å²) in [4.78, 5) is 11.3. The standard InChI is InChI=1S/C14H16N2O3/c1-3-8-16-9-12(14(17)18)13(15-16)10-4-6-11(19-2)7-5-10/h4-7,9H,3,8H2,1-2H3,(H,17,18). The van der Waals surface area contributed by atoms with Crippen LogP contribution in [0.25, 0.3) is 11.3 Å². The van der Waals surface area contributed by atoms with E-state index in [2.05, 4.69) is 5.10 Å². The third-order valence-electron chi connectivity index (χ3n) is 2.81. The van der Waals surface area contributed by atoms with E-state index >= 15 is 0 Å². The van der Waals surface area contributed by atoms with Gasteiger partial charge in [0.1, 0.15) is 17.0 Å². The summed E-state index contributed by atoms with van der Waals surface area (Å²) in [5, 5.41) is 13.6. The molecule has 0 atom stereocenters. The summed E-state index contributed by atoms with van der Waals surface area (Å²) < 4.78 is 6.75. The Balaban J connectivity index is 2.43. The zero-order valence-electron chi connectivity index (χ0n) is 11.0. The number of hydrogen-bond acceptors (Lipinski definition) is 3. The van der Waals surface area contributed by atoms with E-state index in [0.717, 1.165) is 17.7 Å². The summed E-state index contributed by atoms with van der Waals surface area (Å²) in [5.74, 6) is -0.234. The molecule has 0 aliphatic rings. The van der Waals surface area contributed by atoms with Gasteiger partial charge in [-0.25, -0.2) is 4.79 Å². The first-order valence-corrected chi connectivity index (χ1v) is 6.11. The van der Waals surface area contributed by atoms with Crippen LogP contribution in [-0.4, -0.2) is 28.0 Å². The average Bonchev–Trinajstić information content (AvgIpc) is 2.83. The van der Waals surface area contributed by atoms with Crippen LogP contribution in [0.3, 0.4) is 0 Å². The lowest BCUT2D eigenvalue weighted by molar-refractivity contribution is 0.0697. The van der Waals surface area contributed by atoms with E-state index in [0.29, 0.717) is 12.2 Å². The largest absolute Gasteiger partial charge is 0.497 e. The molecule has 0 amide bonds. The third-order valence-corrected chi connectivity index (χ3v) is 2.81. The van der Waals surface area contributed by atoms with Crippen molar-refractivity contribution in [2.45, 2.75) is 19.9 Å². The Hall–Kier alpha value is -2.30. The van der Waals surface area contributed by atoms with Gasteiger partial charge in [0.25, 0.3) is 0 Å². The lowest BCUT2D eigenvalue weighted by Gasteiger charge is -2.02. The van der Waals surface area contributed by atoms with Gasteiger partial charge in [0.05, 0.1) is 7.11 Å². The van der Waals surface area contributed by atoms with Crippen molar-refractivity contribution in [1.82, 2.24) is 9.78 Å². The maximum Gasteiger partial charge on any atom is 0.339 e. The summed E-state index contributed by atoms with van der Waals surface area (Å²) in [6, 6.07) is 7.20. The lowest BCUT2D eigenvalue weighted by atomic mass is 10.1. The first-order valence-electron chi connectivity index (χ1n) is 6.11. The second kappa shape index (κ2) is 5.56. The normalized spacial score (nSPS) is 10.4. The second-order valence-electron chi connectivity index (χ2n) is 4.19. The molecule has 0 saturated carbocycles. The molecule has 2 rings (SSSR count). The van der Waals surface area contributed by atoms with E-state index in [1.165, 1.54) is 0 Å². The minimum atomic E-state index is -0.965. The van der Waals surface area contributed by atoms with Crippen LogP contribution in [0.4, 0.5) is 0 Å². The Morgan fingerprint density at radius 1 is 1.37 bits per heavy atom. The van der Waals surface area contributed by atoms with Crippen molar-refractivity contribution in [1.29, 1.82) is 0 Å². The van der Waals surface area contributed by atoms with E-state index in [1.54, 1.807) is 30.1 Å². The summed E-state index contributed by atoms with van der Waals surface area (Å²) in [6.07, 6.45) is 2.48. The van der Waals surface area contributed by atoms with E-state index in [1.807, 2.05) is 19.1 Å². The van der Waals surface area contributed by atoms with Crippen molar-refractivity contribution in [2.24, 2.45) is 0 Å². The highest BCUT2D eigenvalue weighted by atomic mass is 16.5. The molecule has 0 bridgehead atoms. The minimum Gasteiger partial charge on any atom is -0.497 e. The number of aromatic nitrogens is 2. The van der Waals surface area contributed by atoms with Gasteiger partial charge in [0.2, 0.25) is 0 Å². The van der Waals surface area contributed by atoms with Crippen LogP contribution >= 0.6 is 0 Å². The highest BCUT2D eigenvalue weighted by Crippen LogP contribution is 2.24. The number of ether oxygens (including phenoxy) is 1. The van der Waals surface area contributed by atoms with Crippen molar-refractivity contribution < 1.29 is 14.6 Å². The topological polar surface area (TPSA) is 64.4 Å². The molecule has 5 nitrogen and oxygen atoms in total. The van der Waals surface area contributed by atoms with Gasteiger partial charge in [0.15, 0.2) is 0 Å². The van der Waals surface area contributed by atoms with Crippen molar-refractivity contribution >= 4 is 5.97 Å². The Bertz CT molecular complexity index is 573. The number of methoxy groups -OCH3 is 1. The van der Waals surface area contributed by atoms with E-state index in [9.17, 15) is 9.90 Å². The molecule has 0 unspecified atom stereocenters. The van der Waals surface area contributed by atoms with Gasteiger partial charge >= 0.3 is 5.97 Å². The van der Waals surface area contributed by atoms with Crippen molar-refractivity contribution in [3.05, 3.63) is 36.0 Å². The summed E-state index contributed by atoms with van der Waals surface area (Å²) in [7, 11) is 1.59. The number of nitrogens with zero attached hydrogens (tertiary/aromatic N) is 2. The average molecular weight is 260 g/mol. The van der Waals surface area contributed by atoms with Gasteiger partial charge < -0.3 is 9.84 Å². The number of aryl methyl sites for hydroxylation is 1. The lowest BCUT2D eigenvalue weighted by Crippen LogP contribution is -1.97. The number of aromatic carboxylic acids is 1. The molecule has 0 aliphatic carbocycles. The first-order chi connectivity index (χ1) is 9.15. The Morgan fingerprint density at radius 2 is 2.05 bits per heavy atom. The molecule has 19 heavy (non-hydrogen) atoms. The van der Waals surface area contributed by atoms with Crippen LogP contribution < -0.4 is 4.74 Å². The highest BCUT2D eigenvalue weighted by molar-refractivity contribution is 5.94. The monoisotopic (exact) mass is 260 g/mol. The Morgan fingerprint density at radius 3 is 2.58 bits per heavy atom. The van der Waals surface area contributed by atoms with Gasteiger partial charge in [-0.05, 0) is 30.7 Å². The predicted octanol–water partition coefficient (Wildman–Crippen LogP) is 2.67. The van der Waals surface area contributed by atoms with E-state index in [4.69, 9.17) is 4.74 Å². The molecule has 5 heteroatoms. The van der Waals surface area contributed by atoms with Gasteiger partial charge in [-0.2, -0.15) is 5.10 Å². The van der Waals surface area contributed by atoms with Crippen LogP contribution in [-0.2, 0) is 6.54 Å². The van der Waals surface area contributed by atoms with Crippen LogP contribution in [0.1, 0.15) is 23.7 Å². The maximum absolute atomic E-state index is 11.3. The van der Waals surface area contributed by atoms with Crippen molar-refractivity contribution in [3.8, 4) is 17.0 Å². The Labute approximate surface area is 111 Å². The number of carboxylic acid groups (broad SMARTS) is 1. The summed E-state index contributed by atoms with van der Waals surface area (Å²) in [5.41, 5.74) is 1.48. The molecule has 0 fully saturated rings. The van der Waals surface area contributed by atoms with Crippen molar-refractivity contribution in [3.63, 3.8) is 0 Å². The number of carboxylic acids is 1. The Kier molecular flexibility index (Phi) is 3.85. The van der Waals surface area contributed by atoms with Gasteiger partial charge in [-0.15, -0.1) is 0 Å². The molecule has 0 spiro atoms. The van der Waals surface area contributed by atoms with Crippen LogP contribution in [0.5, 0.6) is 5.75 Å². The molecule has 0 saturated heterocycles. The maximum atomic E-state index is 11.3. The fraction of sp³-hybridized carbons (Fsp3) is 0.286. The molecule has 2 aromatic rings. The van der Waals surface area contributed by atoms with Gasteiger partial charge in [-0.3, -0.25) is 4.68 Å². The van der Waals surface area contributed by atoms with Gasteiger partial charge in [-0.1, -0.05) is 6.92 Å². The zero-order chi connectivity index (χ0) is 13.8. The summed E-state index contributed by atoms with van der Waals surface area (Å²) in [6.45, 7) is 2.73. The molecule has 1 heterocycles. The highest BCUT2D eigenvalue weighted by Gasteiger charge is 2.16. The van der Waals surface area contributed by atoms with E-state index < -0.39 is 5.97 Å². The fourth-order valence-electron chi connectivity index (χ4n) is 1.88. The van der Waals surface area contributed by atoms with Crippen LogP contribution in [0.15, 0.2) is 30.5 Å². The first kappa shape index (κ1) is 13.1. The molecular formula is C14H16N2O3. The molecule has 1 aromatic carbocycles. The van der Waals surface area contributed by atoms with E-state index in [-0.39, 0.29) is 5.56 Å². The molecular weight excluding hydrogens is 244 g/mol. The molecule has 1 N–H and O–H groups in total. The number of carbonyl (C=O) groups is 1. The SMILES string of the molecule is CCCn1cc(C(=O)O)c(-c2ccc(OC)cc2)n1. The number of rotatable bonds is 5. The summed E-state index contributed by atoms with van der Waals surface area (Å²) >= 11 is 0. The number of benzene rings is 1. The predicted molar refractivity (Wildman–Crippen MR) is 71.5 cm³/mol. The van der Waals surface area contributed by atoms with Crippen molar-refractivity contribution in [2.75, 3.05) is 7.11 Å². The second-order valence-corrected chi connectivity index (χ2v) is 4.19. The van der Waals surface area contributed by atoms with Gasteiger partial charge in [0, 0.05) is 18.3 Å². The van der Waals surface area contributed by atoms with Crippen LogP contribution in [0.2, 0.25) is 0 Å². The molecule has 0 aliphatic heterocycles. The quantitative estimate of drug-likeness (QED) is 0.897.